The van der Waals surface area contributed by atoms with Gasteiger partial charge >= 0.3 is 5.97 Å². The minimum absolute atomic E-state index is 0.161. The van der Waals surface area contributed by atoms with Crippen LogP contribution in [0.4, 0.5) is 5.82 Å². The summed E-state index contributed by atoms with van der Waals surface area (Å²) in [5.41, 5.74) is 0.925. The van der Waals surface area contributed by atoms with Crippen LogP contribution in [0.3, 0.4) is 0 Å². The lowest BCUT2D eigenvalue weighted by Gasteiger charge is -2.19. The smallest absolute Gasteiger partial charge is 0.335 e. The summed E-state index contributed by atoms with van der Waals surface area (Å²) in [7, 11) is 0. The van der Waals surface area contributed by atoms with E-state index in [0.717, 1.165) is 31.5 Å². The van der Waals surface area contributed by atoms with Gasteiger partial charge in [-0.15, -0.1) is 0 Å². The van der Waals surface area contributed by atoms with Crippen molar-refractivity contribution < 1.29 is 9.90 Å². The van der Waals surface area contributed by atoms with Gasteiger partial charge in [-0.1, -0.05) is 40.5 Å². The highest BCUT2D eigenvalue weighted by Crippen LogP contribution is 2.23. The van der Waals surface area contributed by atoms with E-state index in [9.17, 15) is 4.79 Å². The topological polar surface area (TPSA) is 62.2 Å². The number of unbranched alkanes of at least 4 members (excludes halogenated alkanes) is 2. The Balaban J connectivity index is 2.91. The maximum atomic E-state index is 11.2. The highest BCUT2D eigenvalue weighted by molar-refractivity contribution is 5.88. The summed E-state index contributed by atoms with van der Waals surface area (Å²) in [4.78, 5) is 15.7. The third kappa shape index (κ3) is 4.89. The maximum absolute atomic E-state index is 11.2. The second kappa shape index (κ2) is 6.55. The van der Waals surface area contributed by atoms with Crippen LogP contribution in [0.5, 0.6) is 0 Å². The summed E-state index contributed by atoms with van der Waals surface area (Å²) in [5.74, 6) is -0.259. The minimum atomic E-state index is -0.912. The molecule has 2 N–H and O–H groups in total. The number of carboxylic acid groups (broad SMARTS) is 1. The Hall–Kier alpha value is -1.58. The molecule has 19 heavy (non-hydrogen) atoms. The zero-order valence-electron chi connectivity index (χ0n) is 12.3. The normalized spacial score (nSPS) is 11.4. The number of nitrogens with one attached hydrogen (secondary N) is 1. The van der Waals surface area contributed by atoms with Gasteiger partial charge in [0.15, 0.2) is 0 Å². The maximum Gasteiger partial charge on any atom is 0.335 e. The molecule has 0 bridgehead atoms. The zero-order valence-corrected chi connectivity index (χ0v) is 12.3. The van der Waals surface area contributed by atoms with Gasteiger partial charge < -0.3 is 10.4 Å². The van der Waals surface area contributed by atoms with E-state index in [1.54, 1.807) is 12.1 Å². The molecule has 0 saturated heterocycles. The molecule has 0 amide bonds. The summed E-state index contributed by atoms with van der Waals surface area (Å²) in [6.45, 7) is 9.07. The number of anilines is 1. The SMILES string of the molecule is CCCCCNc1cc(C(=O)O)cc(C(C)(C)C)n1. The molecule has 0 spiro atoms. The Morgan fingerprint density at radius 3 is 2.53 bits per heavy atom. The van der Waals surface area contributed by atoms with Crippen LogP contribution in [0, 0.1) is 0 Å². The van der Waals surface area contributed by atoms with Crippen molar-refractivity contribution in [1.29, 1.82) is 0 Å². The number of aromatic carboxylic acids is 1. The monoisotopic (exact) mass is 264 g/mol. The number of carboxylic acids is 1. The number of pyridine rings is 1. The largest absolute Gasteiger partial charge is 0.478 e. The number of aromatic nitrogens is 1. The molecule has 1 rings (SSSR count). The lowest BCUT2D eigenvalue weighted by molar-refractivity contribution is 0.0696. The Morgan fingerprint density at radius 1 is 1.32 bits per heavy atom. The summed E-state index contributed by atoms with van der Waals surface area (Å²) >= 11 is 0. The van der Waals surface area contributed by atoms with Crippen LogP contribution >= 0.6 is 0 Å². The van der Waals surface area contributed by atoms with Crippen LogP contribution in [0.15, 0.2) is 12.1 Å². The van der Waals surface area contributed by atoms with Crippen LogP contribution in [0.2, 0.25) is 0 Å². The predicted octanol–water partition coefficient (Wildman–Crippen LogP) is 3.68. The third-order valence-electron chi connectivity index (χ3n) is 2.93. The van der Waals surface area contributed by atoms with E-state index in [1.807, 2.05) is 20.8 Å². The number of hydrogen-bond donors (Lipinski definition) is 2. The van der Waals surface area contributed by atoms with Crippen LogP contribution in [0.1, 0.15) is 63.0 Å². The molecule has 0 atom stereocenters. The van der Waals surface area contributed by atoms with Gasteiger partial charge in [-0.3, -0.25) is 0 Å². The summed E-state index contributed by atoms with van der Waals surface area (Å²) in [6, 6.07) is 3.25. The van der Waals surface area contributed by atoms with Gasteiger partial charge in [0.05, 0.1) is 5.56 Å². The van der Waals surface area contributed by atoms with Gasteiger partial charge in [0.25, 0.3) is 0 Å². The first-order valence-electron chi connectivity index (χ1n) is 6.84. The van der Waals surface area contributed by atoms with Crippen LogP contribution in [0.25, 0.3) is 0 Å². The first-order chi connectivity index (χ1) is 8.84. The molecule has 0 saturated carbocycles. The van der Waals surface area contributed by atoms with Crippen LogP contribution in [-0.4, -0.2) is 22.6 Å². The molecular formula is C15H24N2O2. The quantitative estimate of drug-likeness (QED) is 0.769. The molecule has 1 aromatic heterocycles. The van der Waals surface area contributed by atoms with E-state index < -0.39 is 5.97 Å². The molecule has 0 fully saturated rings. The zero-order chi connectivity index (χ0) is 14.5. The Bertz CT molecular complexity index is 436. The molecule has 0 radical (unpaired) electrons. The fourth-order valence-corrected chi connectivity index (χ4v) is 1.72. The van der Waals surface area contributed by atoms with Crippen LogP contribution < -0.4 is 5.32 Å². The van der Waals surface area contributed by atoms with Crippen molar-refractivity contribution in [2.75, 3.05) is 11.9 Å². The lowest BCUT2D eigenvalue weighted by Crippen LogP contribution is -2.17. The third-order valence-corrected chi connectivity index (χ3v) is 2.93. The Labute approximate surface area is 115 Å². The van der Waals surface area contributed by atoms with Crippen molar-refractivity contribution in [3.8, 4) is 0 Å². The lowest BCUT2D eigenvalue weighted by atomic mass is 9.91. The number of carbonyl (C=O) groups is 1. The van der Waals surface area contributed by atoms with E-state index >= 15 is 0 Å². The molecule has 0 aliphatic rings. The number of rotatable bonds is 6. The van der Waals surface area contributed by atoms with Crippen molar-refractivity contribution in [1.82, 2.24) is 4.98 Å². The van der Waals surface area contributed by atoms with Gasteiger partial charge in [-0.25, -0.2) is 9.78 Å². The van der Waals surface area contributed by atoms with Crippen molar-refractivity contribution in [3.05, 3.63) is 23.4 Å². The molecule has 1 heterocycles. The molecule has 0 aliphatic carbocycles. The van der Waals surface area contributed by atoms with E-state index in [1.165, 1.54) is 0 Å². The summed E-state index contributed by atoms with van der Waals surface area (Å²) < 4.78 is 0. The van der Waals surface area contributed by atoms with Gasteiger partial charge in [-0.05, 0) is 18.6 Å². The molecular weight excluding hydrogens is 240 g/mol. The van der Waals surface area contributed by atoms with Gasteiger partial charge in [0, 0.05) is 17.7 Å². The van der Waals surface area contributed by atoms with Gasteiger partial charge in [0.1, 0.15) is 5.82 Å². The van der Waals surface area contributed by atoms with Crippen molar-refractivity contribution >= 4 is 11.8 Å². The second-order valence-electron chi connectivity index (χ2n) is 5.82. The van der Waals surface area contributed by atoms with Crippen LogP contribution in [-0.2, 0) is 5.41 Å². The summed E-state index contributed by atoms with van der Waals surface area (Å²) in [5, 5.41) is 12.4. The fourth-order valence-electron chi connectivity index (χ4n) is 1.72. The Kier molecular flexibility index (Phi) is 5.33. The van der Waals surface area contributed by atoms with Crippen molar-refractivity contribution in [2.24, 2.45) is 0 Å². The molecule has 4 heteroatoms. The van der Waals surface area contributed by atoms with Gasteiger partial charge in [0.2, 0.25) is 0 Å². The van der Waals surface area contributed by atoms with Crippen molar-refractivity contribution in [2.45, 2.75) is 52.4 Å². The molecule has 0 aromatic carbocycles. The van der Waals surface area contributed by atoms with Crippen molar-refractivity contribution in [3.63, 3.8) is 0 Å². The van der Waals surface area contributed by atoms with E-state index in [-0.39, 0.29) is 11.0 Å². The van der Waals surface area contributed by atoms with E-state index in [0.29, 0.717) is 5.82 Å². The second-order valence-corrected chi connectivity index (χ2v) is 5.82. The fraction of sp³-hybridized carbons (Fsp3) is 0.600. The highest BCUT2D eigenvalue weighted by atomic mass is 16.4. The molecule has 0 unspecified atom stereocenters. The van der Waals surface area contributed by atoms with E-state index in [2.05, 4.69) is 17.2 Å². The molecule has 0 aliphatic heterocycles. The minimum Gasteiger partial charge on any atom is -0.478 e. The first kappa shape index (κ1) is 15.5. The standard InChI is InChI=1S/C15H24N2O2/c1-5-6-7-8-16-13-10-11(14(18)19)9-12(17-13)15(2,3)4/h9-10H,5-8H2,1-4H3,(H,16,17)(H,18,19). The first-order valence-corrected chi connectivity index (χ1v) is 6.84. The summed E-state index contributed by atoms with van der Waals surface area (Å²) in [6.07, 6.45) is 3.40. The van der Waals surface area contributed by atoms with Gasteiger partial charge in [-0.2, -0.15) is 0 Å². The average molecular weight is 264 g/mol. The predicted molar refractivity (Wildman–Crippen MR) is 77.9 cm³/mol. The average Bonchev–Trinajstić information content (AvgIpc) is 2.33. The molecule has 4 nitrogen and oxygen atoms in total. The molecule has 1 aromatic rings. The highest BCUT2D eigenvalue weighted by Gasteiger charge is 2.18. The van der Waals surface area contributed by atoms with E-state index in [4.69, 9.17) is 5.11 Å². The number of hydrogen-bond acceptors (Lipinski definition) is 3. The Morgan fingerprint density at radius 2 is 2.00 bits per heavy atom. The number of nitrogens with zero attached hydrogens (tertiary/aromatic N) is 1. The molecule has 106 valence electrons.